The molecule has 26 heavy (non-hydrogen) atoms. The summed E-state index contributed by atoms with van der Waals surface area (Å²) in [6.07, 6.45) is 6.66. The largest absolute Gasteiger partial charge is 0.496 e. The molecule has 0 aliphatic rings. The van der Waals surface area contributed by atoms with Crippen LogP contribution < -0.4 is 15.4 Å². The molecule has 0 fully saturated rings. The Hall–Kier alpha value is -3.41. The van der Waals surface area contributed by atoms with Gasteiger partial charge in [-0.15, -0.1) is 0 Å². The molecule has 0 saturated carbocycles. The maximum Gasteiger partial charge on any atom is 0.253 e. The fourth-order valence-corrected chi connectivity index (χ4v) is 2.49. The van der Waals surface area contributed by atoms with Crippen molar-refractivity contribution >= 4 is 11.6 Å². The number of methoxy groups -OCH3 is 1. The van der Waals surface area contributed by atoms with Gasteiger partial charge in [-0.05, 0) is 23.8 Å². The lowest BCUT2D eigenvalue weighted by molar-refractivity contribution is 0.0950. The van der Waals surface area contributed by atoms with Crippen LogP contribution in [0.1, 0.15) is 21.5 Å². The second-order valence-corrected chi connectivity index (χ2v) is 5.67. The molecule has 3 rings (SSSR count). The van der Waals surface area contributed by atoms with E-state index >= 15 is 0 Å². The van der Waals surface area contributed by atoms with Crippen molar-refractivity contribution in [1.29, 1.82) is 0 Å². The second-order valence-electron chi connectivity index (χ2n) is 5.67. The van der Waals surface area contributed by atoms with Crippen LogP contribution in [0.3, 0.4) is 0 Å². The first-order chi connectivity index (χ1) is 12.8. The van der Waals surface area contributed by atoms with Crippen LogP contribution in [-0.4, -0.2) is 23.0 Å². The summed E-state index contributed by atoms with van der Waals surface area (Å²) < 4.78 is 5.34. The molecule has 6 nitrogen and oxygen atoms in total. The van der Waals surface area contributed by atoms with E-state index in [9.17, 15) is 4.79 Å². The van der Waals surface area contributed by atoms with Crippen LogP contribution >= 0.6 is 0 Å². The zero-order valence-corrected chi connectivity index (χ0v) is 14.5. The predicted molar refractivity (Wildman–Crippen MR) is 100.0 cm³/mol. The standard InChI is InChI=1S/C20H20N4O2/c1-26-19-7-3-2-6-16(19)13-23-18-9-17(12-22-14-18)20(25)24-11-15-5-4-8-21-10-15/h2-10,12,14,23H,11,13H2,1H3,(H,24,25). The average Bonchev–Trinajstić information content (AvgIpc) is 2.71. The summed E-state index contributed by atoms with van der Waals surface area (Å²) >= 11 is 0. The third-order valence-corrected chi connectivity index (χ3v) is 3.85. The molecular formula is C20H20N4O2. The summed E-state index contributed by atoms with van der Waals surface area (Å²) in [6, 6.07) is 13.3. The quantitative estimate of drug-likeness (QED) is 0.686. The van der Waals surface area contributed by atoms with E-state index in [1.165, 1.54) is 0 Å². The number of amides is 1. The fraction of sp³-hybridized carbons (Fsp3) is 0.150. The van der Waals surface area contributed by atoms with Gasteiger partial charge in [0.05, 0.1) is 18.4 Å². The van der Waals surface area contributed by atoms with Gasteiger partial charge in [0.1, 0.15) is 5.75 Å². The van der Waals surface area contributed by atoms with Crippen LogP contribution in [0.2, 0.25) is 0 Å². The molecule has 0 bridgehead atoms. The highest BCUT2D eigenvalue weighted by Crippen LogP contribution is 2.19. The highest BCUT2D eigenvalue weighted by Gasteiger charge is 2.08. The summed E-state index contributed by atoms with van der Waals surface area (Å²) in [5.74, 6) is 0.639. The van der Waals surface area contributed by atoms with Crippen LogP contribution in [0.15, 0.2) is 67.3 Å². The van der Waals surface area contributed by atoms with Gasteiger partial charge in [-0.2, -0.15) is 0 Å². The number of anilines is 1. The molecule has 132 valence electrons. The SMILES string of the molecule is COc1ccccc1CNc1cncc(C(=O)NCc2cccnc2)c1. The average molecular weight is 348 g/mol. The van der Waals surface area contributed by atoms with Crippen molar-refractivity contribution in [3.63, 3.8) is 0 Å². The second kappa shape index (κ2) is 8.62. The normalized spacial score (nSPS) is 10.2. The highest BCUT2D eigenvalue weighted by molar-refractivity contribution is 5.94. The Morgan fingerprint density at radius 3 is 2.73 bits per heavy atom. The van der Waals surface area contributed by atoms with Crippen molar-refractivity contribution in [3.05, 3.63) is 83.9 Å². The zero-order chi connectivity index (χ0) is 18.2. The van der Waals surface area contributed by atoms with Gasteiger partial charge in [-0.3, -0.25) is 14.8 Å². The van der Waals surface area contributed by atoms with Crippen molar-refractivity contribution in [3.8, 4) is 5.75 Å². The molecule has 0 aliphatic heterocycles. The predicted octanol–water partition coefficient (Wildman–Crippen LogP) is 3.03. The number of carbonyl (C=O) groups excluding carboxylic acids is 1. The van der Waals surface area contributed by atoms with Crippen LogP contribution in [0.5, 0.6) is 5.75 Å². The van der Waals surface area contributed by atoms with E-state index in [0.717, 1.165) is 22.6 Å². The topological polar surface area (TPSA) is 76.1 Å². The first-order valence-electron chi connectivity index (χ1n) is 8.24. The van der Waals surface area contributed by atoms with Crippen molar-refractivity contribution < 1.29 is 9.53 Å². The summed E-state index contributed by atoms with van der Waals surface area (Å²) in [4.78, 5) is 20.5. The fourth-order valence-electron chi connectivity index (χ4n) is 2.49. The molecule has 6 heteroatoms. The maximum atomic E-state index is 12.3. The van der Waals surface area contributed by atoms with Crippen LogP contribution in [0.25, 0.3) is 0 Å². The maximum absolute atomic E-state index is 12.3. The number of ether oxygens (including phenoxy) is 1. The summed E-state index contributed by atoms with van der Waals surface area (Å²) in [5.41, 5.74) is 3.24. The first-order valence-corrected chi connectivity index (χ1v) is 8.24. The third-order valence-electron chi connectivity index (χ3n) is 3.85. The van der Waals surface area contributed by atoms with Gasteiger partial charge in [0.25, 0.3) is 5.91 Å². The lowest BCUT2D eigenvalue weighted by Gasteiger charge is -2.11. The molecular weight excluding hydrogens is 328 g/mol. The minimum Gasteiger partial charge on any atom is -0.496 e. The molecule has 0 aliphatic carbocycles. The van der Waals surface area contributed by atoms with Crippen molar-refractivity contribution in [2.24, 2.45) is 0 Å². The van der Waals surface area contributed by atoms with E-state index in [1.807, 2.05) is 36.4 Å². The van der Waals surface area contributed by atoms with E-state index in [2.05, 4.69) is 20.6 Å². The third kappa shape index (κ3) is 4.57. The van der Waals surface area contributed by atoms with E-state index < -0.39 is 0 Å². The minimum absolute atomic E-state index is 0.178. The molecule has 1 aromatic carbocycles. The van der Waals surface area contributed by atoms with E-state index in [4.69, 9.17) is 4.74 Å². The van der Waals surface area contributed by atoms with Gasteiger partial charge in [0.2, 0.25) is 0 Å². The number of aromatic nitrogens is 2. The van der Waals surface area contributed by atoms with E-state index in [1.54, 1.807) is 38.0 Å². The van der Waals surface area contributed by atoms with E-state index in [-0.39, 0.29) is 5.91 Å². The Morgan fingerprint density at radius 2 is 1.92 bits per heavy atom. The Kier molecular flexibility index (Phi) is 5.77. The number of nitrogens with one attached hydrogen (secondary N) is 2. The van der Waals surface area contributed by atoms with Crippen molar-refractivity contribution in [1.82, 2.24) is 15.3 Å². The molecule has 0 saturated heterocycles. The molecule has 0 atom stereocenters. The van der Waals surface area contributed by atoms with Crippen LogP contribution in [-0.2, 0) is 13.1 Å². The van der Waals surface area contributed by atoms with Gasteiger partial charge in [-0.25, -0.2) is 0 Å². The molecule has 1 amide bonds. The van der Waals surface area contributed by atoms with Crippen LogP contribution in [0.4, 0.5) is 5.69 Å². The first kappa shape index (κ1) is 17.4. The van der Waals surface area contributed by atoms with Gasteiger partial charge >= 0.3 is 0 Å². The van der Waals surface area contributed by atoms with Gasteiger partial charge in [0.15, 0.2) is 0 Å². The molecule has 2 heterocycles. The van der Waals surface area contributed by atoms with Crippen LogP contribution in [0, 0.1) is 0 Å². The highest BCUT2D eigenvalue weighted by atomic mass is 16.5. The zero-order valence-electron chi connectivity index (χ0n) is 14.5. The molecule has 0 unspecified atom stereocenters. The van der Waals surface area contributed by atoms with E-state index in [0.29, 0.717) is 18.7 Å². The molecule has 3 aromatic rings. The molecule has 0 spiro atoms. The number of hydrogen-bond donors (Lipinski definition) is 2. The molecule has 0 radical (unpaired) electrons. The smallest absolute Gasteiger partial charge is 0.253 e. The Morgan fingerprint density at radius 1 is 1.04 bits per heavy atom. The number of nitrogens with zero attached hydrogens (tertiary/aromatic N) is 2. The summed E-state index contributed by atoms with van der Waals surface area (Å²) in [6.45, 7) is 0.998. The molecule has 2 aromatic heterocycles. The molecule has 2 N–H and O–H groups in total. The lowest BCUT2D eigenvalue weighted by Crippen LogP contribution is -2.23. The summed E-state index contributed by atoms with van der Waals surface area (Å²) in [5, 5.41) is 6.14. The number of rotatable bonds is 7. The van der Waals surface area contributed by atoms with Crippen molar-refractivity contribution in [2.45, 2.75) is 13.1 Å². The Balaban J connectivity index is 1.61. The Bertz CT molecular complexity index is 868. The number of benzene rings is 1. The summed E-state index contributed by atoms with van der Waals surface area (Å²) in [7, 11) is 1.65. The lowest BCUT2D eigenvalue weighted by atomic mass is 10.2. The minimum atomic E-state index is -0.178. The number of para-hydroxylation sites is 1. The Labute approximate surface area is 152 Å². The monoisotopic (exact) mass is 348 g/mol. The van der Waals surface area contributed by atoms with Gasteiger partial charge in [0, 0.05) is 43.4 Å². The number of pyridine rings is 2. The van der Waals surface area contributed by atoms with Gasteiger partial charge < -0.3 is 15.4 Å². The number of hydrogen-bond acceptors (Lipinski definition) is 5. The number of carbonyl (C=O) groups is 1. The van der Waals surface area contributed by atoms with Gasteiger partial charge in [-0.1, -0.05) is 24.3 Å². The van der Waals surface area contributed by atoms with Crippen molar-refractivity contribution in [2.75, 3.05) is 12.4 Å².